The monoisotopic (exact) mass is 815 g/mol. The molecule has 8 aromatic carbocycles. The van der Waals surface area contributed by atoms with Crippen molar-refractivity contribution in [2.45, 2.75) is 19.3 Å². The molecule has 3 heterocycles. The molecule has 0 unspecified atom stereocenters. The van der Waals surface area contributed by atoms with E-state index in [0.717, 1.165) is 33.9 Å². The predicted octanol–water partition coefficient (Wildman–Crippen LogP) is 10.6. The van der Waals surface area contributed by atoms with Crippen LogP contribution in [0.1, 0.15) is 25.0 Å². The summed E-state index contributed by atoms with van der Waals surface area (Å²) in [6.07, 6.45) is 0. The van der Waals surface area contributed by atoms with Crippen molar-refractivity contribution in [2.24, 2.45) is 0 Å². The Kier molecular flexibility index (Phi) is 7.45. The quantitative estimate of drug-likeness (QED) is 0.162. The molecule has 278 valence electrons. The molecular weight excluding hydrogens is 775 g/mol. The molecule has 12 rings (SSSR count). The van der Waals surface area contributed by atoms with Gasteiger partial charge in [0.25, 0.3) is 0 Å². The fourth-order valence-electron chi connectivity index (χ4n) is 10.6. The summed E-state index contributed by atoms with van der Waals surface area (Å²) in [5, 5.41) is 2.62. The van der Waals surface area contributed by atoms with Crippen LogP contribution < -0.4 is 17.7 Å². The second-order valence-electron chi connectivity index (χ2n) is 16.5. The van der Waals surface area contributed by atoms with Gasteiger partial charge in [-0.1, -0.05) is 38.1 Å². The van der Waals surface area contributed by atoms with Gasteiger partial charge in [0.2, 0.25) is 0 Å². The number of benzene rings is 8. The van der Waals surface area contributed by atoms with Gasteiger partial charge >= 0.3 is 299 Å². The zero-order chi connectivity index (χ0) is 39.3. The number of hydrogen-bond donors (Lipinski definition) is 0. The molecule has 0 atom stereocenters. The van der Waals surface area contributed by atoms with Crippen molar-refractivity contribution in [3.05, 3.63) is 211 Å². The van der Waals surface area contributed by atoms with Crippen LogP contribution in [0.2, 0.25) is 0 Å². The van der Waals surface area contributed by atoms with Gasteiger partial charge < -0.3 is 0 Å². The molecule has 0 amide bonds. The standard InChI is InChI=1S/C55H39GeN3/c1-55(2)45-27-15-12-24-41(45)42-34-35-48-49(51(42)55)44-26-14-17-29-47(44)59(48)40-32-30-36(31-33-40)52-50-43-25-13-16-28-46(43)56(38-20-8-4-9-21-38,39-22-10-5-11-23-39)53(50)58-54(57-52)37-18-6-3-7-19-37/h3-35H,1-2H3. The summed E-state index contributed by atoms with van der Waals surface area (Å²) in [6, 6.07) is 73.5. The summed E-state index contributed by atoms with van der Waals surface area (Å²) in [5.74, 6) is 0.762. The number of rotatable bonds is 5. The van der Waals surface area contributed by atoms with Crippen LogP contribution in [0.3, 0.4) is 0 Å². The van der Waals surface area contributed by atoms with E-state index in [-0.39, 0.29) is 5.41 Å². The molecule has 1 aliphatic carbocycles. The molecule has 2 aliphatic rings. The van der Waals surface area contributed by atoms with Crippen LogP contribution in [0.15, 0.2) is 200 Å². The molecule has 0 spiro atoms. The SMILES string of the molecule is CC1(C)c2ccccc2-c2ccc3c(c21)c1ccccc1n3-c1ccc(-c2nc(-c3ccccc3)n[c]3c2-c2cccc[c]2[Ge]3([c]2ccccc2)[c]2ccccc2)cc1. The fraction of sp³-hybridized carbons (Fsp3) is 0.0545. The van der Waals surface area contributed by atoms with Crippen molar-refractivity contribution in [3.63, 3.8) is 0 Å². The molecule has 59 heavy (non-hydrogen) atoms. The van der Waals surface area contributed by atoms with E-state index in [1.54, 1.807) is 0 Å². The molecule has 2 aromatic heterocycles. The molecule has 0 N–H and O–H groups in total. The number of para-hydroxylation sites is 1. The first-order valence-corrected chi connectivity index (χ1v) is 24.7. The Hall–Kier alpha value is -6.82. The van der Waals surface area contributed by atoms with E-state index in [2.05, 4.69) is 219 Å². The van der Waals surface area contributed by atoms with Crippen LogP contribution in [0.25, 0.3) is 72.4 Å². The maximum atomic E-state index is 5.68. The minimum absolute atomic E-state index is 0.121. The van der Waals surface area contributed by atoms with Crippen molar-refractivity contribution in [1.82, 2.24) is 14.5 Å². The summed E-state index contributed by atoms with van der Waals surface area (Å²) < 4.78 is 7.78. The summed E-state index contributed by atoms with van der Waals surface area (Å²) in [4.78, 5) is 11.2. The Morgan fingerprint density at radius 3 is 1.81 bits per heavy atom. The van der Waals surface area contributed by atoms with Gasteiger partial charge in [-0.3, -0.25) is 0 Å². The van der Waals surface area contributed by atoms with Gasteiger partial charge in [0, 0.05) is 0 Å². The summed E-state index contributed by atoms with van der Waals surface area (Å²) in [5.41, 5.74) is 14.4. The van der Waals surface area contributed by atoms with Gasteiger partial charge in [-0.25, -0.2) is 0 Å². The first-order chi connectivity index (χ1) is 29.0. The van der Waals surface area contributed by atoms with E-state index >= 15 is 0 Å². The van der Waals surface area contributed by atoms with E-state index < -0.39 is 13.3 Å². The fourth-order valence-corrected chi connectivity index (χ4v) is 21.1. The molecule has 1 aliphatic heterocycles. The molecule has 10 aromatic rings. The van der Waals surface area contributed by atoms with Crippen LogP contribution in [-0.2, 0) is 5.41 Å². The third kappa shape index (κ3) is 4.77. The second kappa shape index (κ2) is 12.8. The topological polar surface area (TPSA) is 30.7 Å². The molecule has 0 saturated carbocycles. The number of hydrogen-bond acceptors (Lipinski definition) is 2. The van der Waals surface area contributed by atoms with Crippen molar-refractivity contribution in [1.29, 1.82) is 0 Å². The zero-order valence-electron chi connectivity index (χ0n) is 32.9. The molecule has 0 radical (unpaired) electrons. The molecule has 4 heteroatoms. The first kappa shape index (κ1) is 34.2. The molecule has 0 bridgehead atoms. The summed E-state index contributed by atoms with van der Waals surface area (Å²) in [6.45, 7) is 4.77. The Labute approximate surface area is 346 Å². The van der Waals surface area contributed by atoms with E-state index in [9.17, 15) is 0 Å². The number of nitrogens with zero attached hydrogens (tertiary/aromatic N) is 3. The van der Waals surface area contributed by atoms with Crippen LogP contribution in [0.4, 0.5) is 0 Å². The molecule has 3 nitrogen and oxygen atoms in total. The normalized spacial score (nSPS) is 14.2. The van der Waals surface area contributed by atoms with Gasteiger partial charge in [0.1, 0.15) is 0 Å². The maximum absolute atomic E-state index is 5.68. The Morgan fingerprint density at radius 2 is 1.08 bits per heavy atom. The van der Waals surface area contributed by atoms with Gasteiger partial charge in [0.15, 0.2) is 0 Å². The van der Waals surface area contributed by atoms with E-state index in [1.807, 2.05) is 0 Å². The van der Waals surface area contributed by atoms with Gasteiger partial charge in [0.05, 0.1) is 0 Å². The molecule has 0 fully saturated rings. The summed E-state index contributed by atoms with van der Waals surface area (Å²) >= 11 is -3.65. The van der Waals surface area contributed by atoms with E-state index in [4.69, 9.17) is 9.97 Å². The van der Waals surface area contributed by atoms with E-state index in [0.29, 0.717) is 0 Å². The van der Waals surface area contributed by atoms with Gasteiger partial charge in [-0.05, 0) is 11.1 Å². The van der Waals surface area contributed by atoms with Crippen LogP contribution in [0, 0.1) is 0 Å². The average molecular weight is 815 g/mol. The van der Waals surface area contributed by atoms with Crippen LogP contribution >= 0.6 is 0 Å². The predicted molar refractivity (Wildman–Crippen MR) is 247 cm³/mol. The van der Waals surface area contributed by atoms with Gasteiger partial charge in [-0.2, -0.15) is 0 Å². The van der Waals surface area contributed by atoms with Crippen molar-refractivity contribution >= 4 is 52.8 Å². The Bertz CT molecular complexity index is 3240. The first-order valence-electron chi connectivity index (χ1n) is 20.5. The third-order valence-corrected chi connectivity index (χ3v) is 23.0. The van der Waals surface area contributed by atoms with Crippen molar-refractivity contribution in [2.75, 3.05) is 0 Å². The number of fused-ring (bicyclic) bond motifs is 10. The minimum atomic E-state index is -3.65. The Balaban J connectivity index is 1.10. The summed E-state index contributed by atoms with van der Waals surface area (Å²) in [7, 11) is 0. The second-order valence-corrected chi connectivity index (χ2v) is 24.2. The number of aromatic nitrogens is 3. The van der Waals surface area contributed by atoms with Crippen molar-refractivity contribution in [3.8, 4) is 50.6 Å². The molecule has 0 saturated heterocycles. The van der Waals surface area contributed by atoms with E-state index in [1.165, 1.54) is 67.3 Å². The van der Waals surface area contributed by atoms with Crippen LogP contribution in [0.5, 0.6) is 0 Å². The average Bonchev–Trinajstić information content (AvgIpc) is 3.88. The van der Waals surface area contributed by atoms with Gasteiger partial charge in [-0.15, -0.1) is 0 Å². The molecular formula is C55H39GeN3. The Morgan fingerprint density at radius 1 is 0.475 bits per heavy atom. The third-order valence-electron chi connectivity index (χ3n) is 13.1. The zero-order valence-corrected chi connectivity index (χ0v) is 35.0. The van der Waals surface area contributed by atoms with Crippen molar-refractivity contribution < 1.29 is 0 Å². The van der Waals surface area contributed by atoms with Crippen LogP contribution in [-0.4, -0.2) is 27.8 Å².